The topological polar surface area (TPSA) is 38.3 Å². The maximum absolute atomic E-state index is 13.0. The van der Waals surface area contributed by atoms with Crippen LogP contribution in [0.3, 0.4) is 0 Å². The van der Waals surface area contributed by atoms with E-state index >= 15 is 0 Å². The molecule has 0 bridgehead atoms. The van der Waals surface area contributed by atoms with Gasteiger partial charge in [0.1, 0.15) is 6.04 Å². The van der Waals surface area contributed by atoms with Crippen LogP contribution in [0.15, 0.2) is 30.3 Å². The van der Waals surface area contributed by atoms with Gasteiger partial charge in [0, 0.05) is 13.0 Å². The van der Waals surface area contributed by atoms with Crippen LogP contribution in [0.2, 0.25) is 0 Å². The van der Waals surface area contributed by atoms with Crippen molar-refractivity contribution in [1.29, 1.82) is 0 Å². The largest absolute Gasteiger partial charge is 0.408 e. The molecule has 1 aromatic carbocycles. The van der Waals surface area contributed by atoms with Gasteiger partial charge in [-0.3, -0.25) is 4.79 Å². The van der Waals surface area contributed by atoms with Gasteiger partial charge in [-0.05, 0) is 12.0 Å². The minimum Gasteiger partial charge on any atom is -0.381 e. The summed E-state index contributed by atoms with van der Waals surface area (Å²) in [5, 5.41) is 2.10. The molecule has 3 nitrogen and oxygen atoms in total. The van der Waals surface area contributed by atoms with E-state index in [2.05, 4.69) is 5.32 Å². The van der Waals surface area contributed by atoms with E-state index in [9.17, 15) is 18.0 Å². The van der Waals surface area contributed by atoms with Gasteiger partial charge in [-0.1, -0.05) is 30.3 Å². The standard InChI is InChI=1S/C14H16F3NO2/c15-14(16,17)12(8-10-4-2-1-3-5-10)18-13(19)11-6-7-20-9-11/h1-5,11-12H,6-9H2,(H,18,19)/t11-,12+/m1/s1. The molecule has 1 fully saturated rings. The third-order valence-corrected chi connectivity index (χ3v) is 3.29. The lowest BCUT2D eigenvalue weighted by molar-refractivity contribution is -0.162. The molecule has 1 saturated heterocycles. The highest BCUT2D eigenvalue weighted by molar-refractivity contribution is 5.79. The Morgan fingerprint density at radius 1 is 1.35 bits per heavy atom. The Morgan fingerprint density at radius 3 is 2.60 bits per heavy atom. The summed E-state index contributed by atoms with van der Waals surface area (Å²) < 4.78 is 44.0. The number of benzene rings is 1. The molecule has 2 atom stereocenters. The molecule has 2 rings (SSSR count). The van der Waals surface area contributed by atoms with E-state index in [1.54, 1.807) is 30.3 Å². The molecule has 0 aliphatic carbocycles. The molecule has 1 aromatic rings. The first-order chi connectivity index (χ1) is 9.47. The van der Waals surface area contributed by atoms with Crippen molar-refractivity contribution < 1.29 is 22.7 Å². The Hall–Kier alpha value is -1.56. The van der Waals surface area contributed by atoms with Crippen molar-refractivity contribution in [2.75, 3.05) is 13.2 Å². The van der Waals surface area contributed by atoms with Gasteiger partial charge < -0.3 is 10.1 Å². The van der Waals surface area contributed by atoms with Crippen LogP contribution in [0.5, 0.6) is 0 Å². The van der Waals surface area contributed by atoms with Gasteiger partial charge in [0.2, 0.25) is 5.91 Å². The normalized spacial score (nSPS) is 20.6. The van der Waals surface area contributed by atoms with E-state index in [-0.39, 0.29) is 13.0 Å². The van der Waals surface area contributed by atoms with Gasteiger partial charge in [-0.2, -0.15) is 13.2 Å². The third-order valence-electron chi connectivity index (χ3n) is 3.29. The van der Waals surface area contributed by atoms with Crippen LogP contribution >= 0.6 is 0 Å². The van der Waals surface area contributed by atoms with Crippen molar-refractivity contribution in [3.8, 4) is 0 Å². The molecule has 1 N–H and O–H groups in total. The zero-order chi connectivity index (χ0) is 14.6. The maximum Gasteiger partial charge on any atom is 0.408 e. The number of ether oxygens (including phenoxy) is 1. The molecule has 1 heterocycles. The summed E-state index contributed by atoms with van der Waals surface area (Å²) in [4.78, 5) is 11.8. The fraction of sp³-hybridized carbons (Fsp3) is 0.500. The summed E-state index contributed by atoms with van der Waals surface area (Å²) in [5.41, 5.74) is 0.540. The Morgan fingerprint density at radius 2 is 2.05 bits per heavy atom. The van der Waals surface area contributed by atoms with E-state index < -0.39 is 24.0 Å². The molecule has 0 spiro atoms. The first-order valence-electron chi connectivity index (χ1n) is 6.45. The monoisotopic (exact) mass is 287 g/mol. The van der Waals surface area contributed by atoms with Crippen LogP contribution in [0.1, 0.15) is 12.0 Å². The van der Waals surface area contributed by atoms with E-state index in [1.807, 2.05) is 0 Å². The number of rotatable bonds is 4. The molecule has 1 aliphatic heterocycles. The predicted octanol–water partition coefficient (Wildman–Crippen LogP) is 2.31. The lowest BCUT2D eigenvalue weighted by Crippen LogP contribution is -2.48. The zero-order valence-corrected chi connectivity index (χ0v) is 10.8. The lowest BCUT2D eigenvalue weighted by Gasteiger charge is -2.23. The average molecular weight is 287 g/mol. The Kier molecular flexibility index (Phi) is 4.65. The fourth-order valence-corrected chi connectivity index (χ4v) is 2.13. The van der Waals surface area contributed by atoms with Crippen LogP contribution in [-0.4, -0.2) is 31.3 Å². The summed E-state index contributed by atoms with van der Waals surface area (Å²) >= 11 is 0. The highest BCUT2D eigenvalue weighted by Gasteiger charge is 2.41. The number of carbonyl (C=O) groups excluding carboxylic acids is 1. The van der Waals surface area contributed by atoms with Crippen molar-refractivity contribution >= 4 is 5.91 Å². The quantitative estimate of drug-likeness (QED) is 0.923. The molecule has 1 amide bonds. The van der Waals surface area contributed by atoms with Crippen LogP contribution in [-0.2, 0) is 16.0 Å². The molecule has 6 heteroatoms. The second-order valence-corrected chi connectivity index (χ2v) is 4.85. The van der Waals surface area contributed by atoms with Gasteiger partial charge in [-0.25, -0.2) is 0 Å². The van der Waals surface area contributed by atoms with Crippen LogP contribution in [0.4, 0.5) is 13.2 Å². The molecule has 20 heavy (non-hydrogen) atoms. The van der Waals surface area contributed by atoms with Crippen LogP contribution < -0.4 is 5.32 Å². The summed E-state index contributed by atoms with van der Waals surface area (Å²) in [6.45, 7) is 0.620. The number of hydrogen-bond donors (Lipinski definition) is 1. The van der Waals surface area contributed by atoms with Crippen molar-refractivity contribution in [3.63, 3.8) is 0 Å². The van der Waals surface area contributed by atoms with E-state index in [1.165, 1.54) is 0 Å². The Labute approximate surface area is 115 Å². The second kappa shape index (κ2) is 6.26. The summed E-state index contributed by atoms with van der Waals surface area (Å²) in [7, 11) is 0. The van der Waals surface area contributed by atoms with Crippen molar-refractivity contribution in [2.45, 2.75) is 25.1 Å². The Balaban J connectivity index is 2.02. The summed E-state index contributed by atoms with van der Waals surface area (Å²) in [5.74, 6) is -1.06. The lowest BCUT2D eigenvalue weighted by atomic mass is 10.0. The first-order valence-corrected chi connectivity index (χ1v) is 6.45. The molecule has 0 radical (unpaired) electrons. The number of alkyl halides is 3. The molecule has 0 aromatic heterocycles. The molecule has 1 aliphatic rings. The first kappa shape index (κ1) is 14.8. The number of carbonyl (C=O) groups is 1. The van der Waals surface area contributed by atoms with Gasteiger partial charge in [0.25, 0.3) is 0 Å². The van der Waals surface area contributed by atoms with Gasteiger partial charge in [0.15, 0.2) is 0 Å². The average Bonchev–Trinajstić information content (AvgIpc) is 2.92. The summed E-state index contributed by atoms with van der Waals surface area (Å²) in [6.07, 6.45) is -4.25. The van der Waals surface area contributed by atoms with Gasteiger partial charge in [-0.15, -0.1) is 0 Å². The zero-order valence-electron chi connectivity index (χ0n) is 10.8. The molecule has 110 valence electrons. The molecular weight excluding hydrogens is 271 g/mol. The van der Waals surface area contributed by atoms with Crippen molar-refractivity contribution in [3.05, 3.63) is 35.9 Å². The minimum atomic E-state index is -4.47. The van der Waals surface area contributed by atoms with Gasteiger partial charge >= 0.3 is 6.18 Å². The van der Waals surface area contributed by atoms with E-state index in [0.29, 0.717) is 18.6 Å². The highest BCUT2D eigenvalue weighted by atomic mass is 19.4. The molecular formula is C14H16F3NO2. The minimum absolute atomic E-state index is 0.196. The Bertz CT molecular complexity index is 441. The van der Waals surface area contributed by atoms with E-state index in [4.69, 9.17) is 4.74 Å². The number of halogens is 3. The molecule has 0 saturated carbocycles. The smallest absolute Gasteiger partial charge is 0.381 e. The second-order valence-electron chi connectivity index (χ2n) is 4.85. The van der Waals surface area contributed by atoms with E-state index in [0.717, 1.165) is 0 Å². The number of hydrogen-bond acceptors (Lipinski definition) is 2. The SMILES string of the molecule is O=C(N[C@@H](Cc1ccccc1)C(F)(F)F)[C@@H]1CCOC1. The maximum atomic E-state index is 13.0. The third kappa shape index (κ3) is 3.96. The van der Waals surface area contributed by atoms with Crippen molar-refractivity contribution in [1.82, 2.24) is 5.32 Å². The van der Waals surface area contributed by atoms with Crippen LogP contribution in [0.25, 0.3) is 0 Å². The van der Waals surface area contributed by atoms with Crippen LogP contribution in [0, 0.1) is 5.92 Å². The van der Waals surface area contributed by atoms with Crippen molar-refractivity contribution in [2.24, 2.45) is 5.92 Å². The van der Waals surface area contributed by atoms with Gasteiger partial charge in [0.05, 0.1) is 12.5 Å². The fourth-order valence-electron chi connectivity index (χ4n) is 2.13. The number of nitrogens with one attached hydrogen (secondary N) is 1. The highest BCUT2D eigenvalue weighted by Crippen LogP contribution is 2.24. The molecule has 0 unspecified atom stereocenters. The number of amides is 1. The predicted molar refractivity (Wildman–Crippen MR) is 67.1 cm³/mol. The summed E-state index contributed by atoms with van der Waals surface area (Å²) in [6, 6.07) is 6.45.